The highest BCUT2D eigenvalue weighted by Gasteiger charge is 2.16. The van der Waals surface area contributed by atoms with E-state index >= 15 is 0 Å². The molecule has 1 aliphatic heterocycles. The maximum absolute atomic E-state index is 12.9. The predicted molar refractivity (Wildman–Crippen MR) is 105 cm³/mol. The van der Waals surface area contributed by atoms with Gasteiger partial charge in [-0.2, -0.15) is 0 Å². The van der Waals surface area contributed by atoms with Crippen molar-refractivity contribution in [3.8, 4) is 11.3 Å². The summed E-state index contributed by atoms with van der Waals surface area (Å²) in [6.07, 6.45) is 3.40. The van der Waals surface area contributed by atoms with E-state index in [0.29, 0.717) is 18.2 Å². The van der Waals surface area contributed by atoms with Crippen LogP contribution in [0.15, 0.2) is 60.7 Å². The molecule has 1 fully saturated rings. The van der Waals surface area contributed by atoms with Gasteiger partial charge in [0, 0.05) is 23.5 Å². The van der Waals surface area contributed by atoms with Gasteiger partial charge >= 0.3 is 0 Å². The van der Waals surface area contributed by atoms with Crippen LogP contribution < -0.4 is 10.6 Å². The highest BCUT2D eigenvalue weighted by molar-refractivity contribution is 6.07. The third kappa shape index (κ3) is 3.60. The number of aromatic nitrogens is 1. The van der Waals surface area contributed by atoms with Gasteiger partial charge in [-0.05, 0) is 37.9 Å². The summed E-state index contributed by atoms with van der Waals surface area (Å²) < 4.78 is 0. The van der Waals surface area contributed by atoms with Crippen molar-refractivity contribution in [3.63, 3.8) is 0 Å². The van der Waals surface area contributed by atoms with Crippen LogP contribution in [0.5, 0.6) is 0 Å². The summed E-state index contributed by atoms with van der Waals surface area (Å²) in [6.45, 7) is 1.78. The topological polar surface area (TPSA) is 54.0 Å². The summed E-state index contributed by atoms with van der Waals surface area (Å²) in [7, 11) is 0. The average Bonchev–Trinajstić information content (AvgIpc) is 3.21. The summed E-state index contributed by atoms with van der Waals surface area (Å²) in [5.41, 5.74) is 3.37. The zero-order chi connectivity index (χ0) is 17.8. The molecule has 132 valence electrons. The van der Waals surface area contributed by atoms with E-state index in [1.54, 1.807) is 0 Å². The molecule has 0 bridgehead atoms. The molecule has 1 amide bonds. The summed E-state index contributed by atoms with van der Waals surface area (Å²) in [5, 5.41) is 7.45. The first-order chi connectivity index (χ1) is 12.8. The van der Waals surface area contributed by atoms with E-state index in [0.717, 1.165) is 35.1 Å². The van der Waals surface area contributed by atoms with Gasteiger partial charge in [0.05, 0.1) is 16.8 Å². The number of rotatable bonds is 5. The van der Waals surface area contributed by atoms with Crippen molar-refractivity contribution < 1.29 is 4.79 Å². The lowest BCUT2D eigenvalue weighted by Gasteiger charge is -2.13. The average molecular weight is 345 g/mol. The lowest BCUT2D eigenvalue weighted by Crippen LogP contribution is -2.30. The van der Waals surface area contributed by atoms with Crippen LogP contribution >= 0.6 is 0 Å². The van der Waals surface area contributed by atoms with E-state index in [2.05, 4.69) is 10.6 Å². The van der Waals surface area contributed by atoms with Gasteiger partial charge in [-0.1, -0.05) is 48.5 Å². The first-order valence-corrected chi connectivity index (χ1v) is 9.28. The molecule has 0 radical (unpaired) electrons. The minimum Gasteiger partial charge on any atom is -0.352 e. The van der Waals surface area contributed by atoms with Gasteiger partial charge in [0.2, 0.25) is 0 Å². The monoisotopic (exact) mass is 345 g/mol. The van der Waals surface area contributed by atoms with Crippen LogP contribution in [0.1, 0.15) is 29.6 Å². The molecule has 1 unspecified atom stereocenters. The van der Waals surface area contributed by atoms with E-state index in [1.807, 2.05) is 60.7 Å². The second-order valence-corrected chi connectivity index (χ2v) is 6.78. The lowest BCUT2D eigenvalue weighted by atomic mass is 10.0. The number of amides is 1. The fourth-order valence-corrected chi connectivity index (χ4v) is 3.58. The molecule has 1 aromatic heterocycles. The first-order valence-electron chi connectivity index (χ1n) is 9.28. The number of carbonyl (C=O) groups excluding carboxylic acids is 1. The van der Waals surface area contributed by atoms with Crippen molar-refractivity contribution in [1.29, 1.82) is 0 Å². The number of benzene rings is 2. The third-order valence-electron chi connectivity index (χ3n) is 4.97. The largest absolute Gasteiger partial charge is 0.352 e. The van der Waals surface area contributed by atoms with Crippen molar-refractivity contribution >= 4 is 16.8 Å². The molecule has 3 aromatic rings. The minimum atomic E-state index is -0.0289. The molecule has 1 atom stereocenters. The Hall–Kier alpha value is -2.72. The van der Waals surface area contributed by atoms with Crippen molar-refractivity contribution in [3.05, 3.63) is 66.2 Å². The number of carbonyl (C=O) groups is 1. The summed E-state index contributed by atoms with van der Waals surface area (Å²) in [5.74, 6) is -0.0289. The summed E-state index contributed by atoms with van der Waals surface area (Å²) >= 11 is 0. The zero-order valence-corrected chi connectivity index (χ0v) is 14.7. The molecule has 0 spiro atoms. The fourth-order valence-electron chi connectivity index (χ4n) is 3.58. The van der Waals surface area contributed by atoms with E-state index < -0.39 is 0 Å². The van der Waals surface area contributed by atoms with Crippen LogP contribution in [-0.4, -0.2) is 30.0 Å². The molecule has 1 aliphatic rings. The van der Waals surface area contributed by atoms with E-state index in [4.69, 9.17) is 4.98 Å². The Labute approximate surface area is 153 Å². The second-order valence-electron chi connectivity index (χ2n) is 6.78. The van der Waals surface area contributed by atoms with Gasteiger partial charge in [0.1, 0.15) is 0 Å². The Bertz CT molecular complexity index is 902. The van der Waals surface area contributed by atoms with Crippen LogP contribution in [0.25, 0.3) is 22.2 Å². The molecule has 4 nitrogen and oxygen atoms in total. The van der Waals surface area contributed by atoms with E-state index in [1.165, 1.54) is 12.8 Å². The minimum absolute atomic E-state index is 0.0289. The van der Waals surface area contributed by atoms with Crippen molar-refractivity contribution in [2.75, 3.05) is 13.1 Å². The molecule has 0 saturated carbocycles. The quantitative estimate of drug-likeness (QED) is 0.740. The van der Waals surface area contributed by atoms with Crippen LogP contribution in [-0.2, 0) is 0 Å². The SMILES string of the molecule is O=C(NCCC1CCCN1)c1cc(-c2ccccc2)nc2ccccc12. The van der Waals surface area contributed by atoms with Gasteiger partial charge in [-0.15, -0.1) is 0 Å². The maximum Gasteiger partial charge on any atom is 0.252 e. The van der Waals surface area contributed by atoms with Crippen LogP contribution in [0.3, 0.4) is 0 Å². The van der Waals surface area contributed by atoms with E-state index in [9.17, 15) is 4.79 Å². The number of nitrogens with zero attached hydrogens (tertiary/aromatic N) is 1. The highest BCUT2D eigenvalue weighted by Crippen LogP contribution is 2.24. The van der Waals surface area contributed by atoms with Gasteiger partial charge in [-0.25, -0.2) is 4.98 Å². The number of nitrogens with one attached hydrogen (secondary N) is 2. The molecule has 4 rings (SSSR count). The lowest BCUT2D eigenvalue weighted by molar-refractivity contribution is 0.0954. The van der Waals surface area contributed by atoms with Gasteiger partial charge in [-0.3, -0.25) is 4.79 Å². The van der Waals surface area contributed by atoms with Gasteiger partial charge in [0.15, 0.2) is 0 Å². The molecular formula is C22H23N3O. The molecule has 0 aliphatic carbocycles. The Kier molecular flexibility index (Phi) is 4.93. The summed E-state index contributed by atoms with van der Waals surface area (Å²) in [6, 6.07) is 20.3. The van der Waals surface area contributed by atoms with Gasteiger partial charge < -0.3 is 10.6 Å². The zero-order valence-electron chi connectivity index (χ0n) is 14.7. The smallest absolute Gasteiger partial charge is 0.252 e. The number of para-hydroxylation sites is 1. The molecule has 4 heteroatoms. The molecule has 1 saturated heterocycles. The molecule has 2 heterocycles. The number of fused-ring (bicyclic) bond motifs is 1. The van der Waals surface area contributed by atoms with Crippen LogP contribution in [0, 0.1) is 0 Å². The maximum atomic E-state index is 12.9. The Balaban J connectivity index is 1.61. The second kappa shape index (κ2) is 7.67. The molecule has 2 aromatic carbocycles. The van der Waals surface area contributed by atoms with Crippen LogP contribution in [0.4, 0.5) is 0 Å². The molecule has 2 N–H and O–H groups in total. The first kappa shape index (κ1) is 16.7. The highest BCUT2D eigenvalue weighted by atomic mass is 16.1. The number of hydrogen-bond acceptors (Lipinski definition) is 3. The standard InChI is InChI=1S/C22H23N3O/c26-22(24-14-12-17-9-6-13-23-17)19-15-21(16-7-2-1-3-8-16)25-20-11-5-4-10-18(19)20/h1-5,7-8,10-11,15,17,23H,6,9,12-14H2,(H,24,26). The van der Waals surface area contributed by atoms with Crippen molar-refractivity contribution in [2.45, 2.75) is 25.3 Å². The predicted octanol–water partition coefficient (Wildman–Crippen LogP) is 3.77. The normalized spacial score (nSPS) is 16.7. The van der Waals surface area contributed by atoms with E-state index in [-0.39, 0.29) is 5.91 Å². The fraction of sp³-hybridized carbons (Fsp3) is 0.273. The number of hydrogen-bond donors (Lipinski definition) is 2. The Morgan fingerprint density at radius 2 is 1.92 bits per heavy atom. The molecular weight excluding hydrogens is 322 g/mol. The van der Waals surface area contributed by atoms with Crippen molar-refractivity contribution in [2.24, 2.45) is 0 Å². The van der Waals surface area contributed by atoms with Gasteiger partial charge in [0.25, 0.3) is 5.91 Å². The Morgan fingerprint density at radius 3 is 2.73 bits per heavy atom. The Morgan fingerprint density at radius 1 is 1.12 bits per heavy atom. The summed E-state index contributed by atoms with van der Waals surface area (Å²) in [4.78, 5) is 17.6. The number of pyridine rings is 1. The van der Waals surface area contributed by atoms with Crippen molar-refractivity contribution in [1.82, 2.24) is 15.6 Å². The van der Waals surface area contributed by atoms with Crippen LogP contribution in [0.2, 0.25) is 0 Å². The third-order valence-corrected chi connectivity index (χ3v) is 4.97. The molecule has 26 heavy (non-hydrogen) atoms.